The lowest BCUT2D eigenvalue weighted by Gasteiger charge is -2.24. The largest absolute Gasteiger partial charge is 0.504 e. The van der Waals surface area contributed by atoms with E-state index in [1.807, 2.05) is 13.8 Å². The van der Waals surface area contributed by atoms with Crippen LogP contribution in [0.3, 0.4) is 0 Å². The summed E-state index contributed by atoms with van der Waals surface area (Å²) in [5.74, 6) is 6.16. The van der Waals surface area contributed by atoms with Gasteiger partial charge in [-0.05, 0) is 45.6 Å². The lowest BCUT2D eigenvalue weighted by Crippen LogP contribution is -2.32. The van der Waals surface area contributed by atoms with Gasteiger partial charge in [0.25, 0.3) is 0 Å². The molecule has 1 aliphatic rings. The fraction of sp³-hybridized carbons (Fsp3) is 0.800. The first-order valence-corrected chi connectivity index (χ1v) is 8.95. The summed E-state index contributed by atoms with van der Waals surface area (Å²) < 4.78 is 17.0. The number of hydrogen-bond acceptors (Lipinski definition) is 3. The Bertz CT molecular complexity index is 428. The van der Waals surface area contributed by atoms with Gasteiger partial charge in [0.1, 0.15) is 0 Å². The lowest BCUT2D eigenvalue weighted by atomic mass is 9.96. The highest BCUT2D eigenvalue weighted by molar-refractivity contribution is 5.18. The average molecular weight is 322 g/mol. The molecule has 3 heteroatoms. The highest BCUT2D eigenvalue weighted by Gasteiger charge is 2.44. The minimum absolute atomic E-state index is 0.476. The van der Waals surface area contributed by atoms with Crippen LogP contribution in [-0.2, 0) is 14.2 Å². The topological polar surface area (TPSA) is 27.7 Å². The van der Waals surface area contributed by atoms with Gasteiger partial charge in [-0.2, -0.15) is 0 Å². The normalized spacial score (nSPS) is 23.4. The fourth-order valence-electron chi connectivity index (χ4n) is 2.77. The van der Waals surface area contributed by atoms with Crippen LogP contribution in [0.2, 0.25) is 0 Å². The van der Waals surface area contributed by atoms with Crippen LogP contribution < -0.4 is 0 Å². The molecular weight excluding hydrogens is 288 g/mol. The summed E-state index contributed by atoms with van der Waals surface area (Å²) in [6.07, 6.45) is 10.8. The molecule has 1 saturated heterocycles. The molecule has 0 radical (unpaired) electrons. The summed E-state index contributed by atoms with van der Waals surface area (Å²) in [6.45, 7) is 8.77. The fourth-order valence-corrected chi connectivity index (χ4v) is 2.77. The van der Waals surface area contributed by atoms with Gasteiger partial charge < -0.3 is 14.2 Å². The van der Waals surface area contributed by atoms with Crippen molar-refractivity contribution in [2.45, 2.75) is 90.4 Å². The van der Waals surface area contributed by atoms with Crippen molar-refractivity contribution in [3.05, 3.63) is 11.8 Å². The molecule has 0 saturated carbocycles. The van der Waals surface area contributed by atoms with Crippen LogP contribution in [0.1, 0.15) is 79.1 Å². The van der Waals surface area contributed by atoms with Gasteiger partial charge in [-0.15, -0.1) is 5.92 Å². The summed E-state index contributed by atoms with van der Waals surface area (Å²) in [6, 6.07) is 0. The van der Waals surface area contributed by atoms with Crippen LogP contribution in [0, 0.1) is 11.8 Å². The highest BCUT2D eigenvalue weighted by Crippen LogP contribution is 2.34. The Morgan fingerprint density at radius 3 is 2.57 bits per heavy atom. The van der Waals surface area contributed by atoms with E-state index in [4.69, 9.17) is 14.2 Å². The molecule has 0 aromatic carbocycles. The van der Waals surface area contributed by atoms with Gasteiger partial charge in [0.05, 0.1) is 20.0 Å². The van der Waals surface area contributed by atoms with E-state index in [1.165, 1.54) is 37.7 Å². The molecule has 1 aliphatic heterocycles. The maximum Gasteiger partial charge on any atom is 0.165 e. The van der Waals surface area contributed by atoms with Gasteiger partial charge in [0.15, 0.2) is 11.4 Å². The van der Waals surface area contributed by atoms with E-state index < -0.39 is 11.4 Å². The number of rotatable bonds is 9. The average Bonchev–Trinajstić information content (AvgIpc) is 2.81. The third-order valence-electron chi connectivity index (χ3n) is 4.06. The summed E-state index contributed by atoms with van der Waals surface area (Å²) >= 11 is 0. The Morgan fingerprint density at radius 2 is 1.96 bits per heavy atom. The molecule has 1 fully saturated rings. The van der Waals surface area contributed by atoms with E-state index in [-0.39, 0.29) is 0 Å². The van der Waals surface area contributed by atoms with Crippen molar-refractivity contribution >= 4 is 0 Å². The molecule has 0 N–H and O–H groups in total. The van der Waals surface area contributed by atoms with Crippen LogP contribution >= 0.6 is 0 Å². The van der Waals surface area contributed by atoms with Crippen LogP contribution in [0.4, 0.5) is 0 Å². The first kappa shape index (κ1) is 20.1. The molecule has 0 aromatic rings. The number of ether oxygens (including phenoxy) is 3. The van der Waals surface area contributed by atoms with Gasteiger partial charge in [-0.3, -0.25) is 0 Å². The zero-order chi connectivity index (χ0) is 17.2. The molecule has 0 amide bonds. The van der Waals surface area contributed by atoms with Crippen LogP contribution in [0.5, 0.6) is 0 Å². The van der Waals surface area contributed by atoms with Crippen molar-refractivity contribution < 1.29 is 14.2 Å². The number of hydrogen-bond donors (Lipinski definition) is 0. The molecule has 0 aliphatic carbocycles. The molecule has 0 bridgehead atoms. The van der Waals surface area contributed by atoms with Crippen molar-refractivity contribution in [3.8, 4) is 11.8 Å². The molecule has 0 aromatic heterocycles. The Kier molecular flexibility index (Phi) is 8.73. The molecule has 3 nitrogen and oxygen atoms in total. The van der Waals surface area contributed by atoms with Gasteiger partial charge in [-0.25, -0.2) is 0 Å². The second-order valence-corrected chi connectivity index (χ2v) is 6.95. The van der Waals surface area contributed by atoms with E-state index in [1.54, 1.807) is 13.4 Å². The van der Waals surface area contributed by atoms with Crippen LogP contribution in [-0.4, -0.2) is 25.1 Å². The van der Waals surface area contributed by atoms with Crippen molar-refractivity contribution in [1.82, 2.24) is 0 Å². The molecule has 0 spiro atoms. The predicted octanol–water partition coefficient (Wildman–Crippen LogP) is 5.20. The number of unbranched alkanes of at least 4 members (excludes halogenated alkanes) is 5. The Morgan fingerprint density at radius 1 is 1.22 bits per heavy atom. The standard InChI is InChI=1S/C20H34O3/c1-6-7-8-9-10-11-12-14-20(15-13-18(2)16-21-5)17-22-19(3,4)23-20/h16H,6-11,13,15,17H2,1-5H3/b18-16+/t20-/m0/s1. The van der Waals surface area contributed by atoms with Gasteiger partial charge in [0.2, 0.25) is 0 Å². The van der Waals surface area contributed by atoms with Crippen molar-refractivity contribution in [2.24, 2.45) is 0 Å². The maximum atomic E-state index is 6.15. The zero-order valence-corrected chi connectivity index (χ0v) is 15.7. The third-order valence-corrected chi connectivity index (χ3v) is 4.06. The highest BCUT2D eigenvalue weighted by atomic mass is 16.8. The predicted molar refractivity (Wildman–Crippen MR) is 95.0 cm³/mol. The van der Waals surface area contributed by atoms with Gasteiger partial charge >= 0.3 is 0 Å². The summed E-state index contributed by atoms with van der Waals surface area (Å²) in [5, 5.41) is 0. The van der Waals surface area contributed by atoms with E-state index in [0.717, 1.165) is 19.3 Å². The number of methoxy groups -OCH3 is 1. The maximum absolute atomic E-state index is 6.15. The smallest absolute Gasteiger partial charge is 0.165 e. The summed E-state index contributed by atoms with van der Waals surface area (Å²) in [5.41, 5.74) is 0.719. The van der Waals surface area contributed by atoms with E-state index in [0.29, 0.717) is 6.61 Å². The lowest BCUT2D eigenvalue weighted by molar-refractivity contribution is -0.150. The van der Waals surface area contributed by atoms with Crippen molar-refractivity contribution in [1.29, 1.82) is 0 Å². The molecule has 23 heavy (non-hydrogen) atoms. The second kappa shape index (κ2) is 10.0. The van der Waals surface area contributed by atoms with Crippen LogP contribution in [0.15, 0.2) is 11.8 Å². The van der Waals surface area contributed by atoms with Crippen molar-refractivity contribution in [3.63, 3.8) is 0 Å². The third kappa shape index (κ3) is 7.90. The van der Waals surface area contributed by atoms with E-state index >= 15 is 0 Å². The zero-order valence-electron chi connectivity index (χ0n) is 15.7. The van der Waals surface area contributed by atoms with Gasteiger partial charge in [0, 0.05) is 6.42 Å². The minimum Gasteiger partial charge on any atom is -0.504 e. The monoisotopic (exact) mass is 322 g/mol. The Labute approximate surface area is 142 Å². The second-order valence-electron chi connectivity index (χ2n) is 6.95. The van der Waals surface area contributed by atoms with Gasteiger partial charge in [-0.1, -0.05) is 38.5 Å². The quantitative estimate of drug-likeness (QED) is 0.332. The molecule has 1 heterocycles. The number of allylic oxidation sites excluding steroid dienone is 1. The Hall–Kier alpha value is -0.980. The molecule has 132 valence electrons. The molecule has 0 unspecified atom stereocenters. The first-order valence-electron chi connectivity index (χ1n) is 8.95. The van der Waals surface area contributed by atoms with E-state index in [9.17, 15) is 0 Å². The molecular formula is C20H34O3. The molecule has 1 rings (SSSR count). The minimum atomic E-state index is -0.547. The summed E-state index contributed by atoms with van der Waals surface area (Å²) in [7, 11) is 1.68. The first-order chi connectivity index (χ1) is 10.9. The summed E-state index contributed by atoms with van der Waals surface area (Å²) in [4.78, 5) is 0. The Balaban J connectivity index is 2.55. The molecule has 1 atom stereocenters. The van der Waals surface area contributed by atoms with Crippen LogP contribution in [0.25, 0.3) is 0 Å². The van der Waals surface area contributed by atoms with Crippen molar-refractivity contribution in [2.75, 3.05) is 13.7 Å². The SMILES string of the molecule is CCCCCCCC#C[C@]1(CC/C(C)=C/OC)COC(C)(C)O1. The van der Waals surface area contributed by atoms with E-state index in [2.05, 4.69) is 25.7 Å².